The Morgan fingerprint density at radius 3 is 2.53 bits per heavy atom. The van der Waals surface area contributed by atoms with Crippen LogP contribution in [-0.2, 0) is 19.4 Å². The topological polar surface area (TPSA) is 50.7 Å². The second-order valence-electron chi connectivity index (χ2n) is 9.24. The van der Waals surface area contributed by atoms with Gasteiger partial charge in [-0.2, -0.15) is 0 Å². The van der Waals surface area contributed by atoms with E-state index >= 15 is 0 Å². The van der Waals surface area contributed by atoms with Crippen molar-refractivity contribution in [2.75, 3.05) is 5.32 Å². The van der Waals surface area contributed by atoms with Crippen LogP contribution in [-0.4, -0.2) is 12.1 Å². The Hall–Kier alpha value is -3.12. The lowest BCUT2D eigenvalue weighted by Crippen LogP contribution is -2.14. The van der Waals surface area contributed by atoms with Gasteiger partial charge in [0.25, 0.3) is 5.91 Å². The van der Waals surface area contributed by atoms with E-state index in [2.05, 4.69) is 5.32 Å². The number of nitrogens with one attached hydrogen (secondary N) is 1. The first kappa shape index (κ1) is 26.5. The van der Waals surface area contributed by atoms with Crippen LogP contribution in [0.2, 0.25) is 10.0 Å². The number of aliphatic imine (C=N–C) groups is 1. The number of fused-ring (bicyclic) bond motifs is 1. The predicted molar refractivity (Wildman–Crippen MR) is 159 cm³/mol. The summed E-state index contributed by atoms with van der Waals surface area (Å²) in [6, 6.07) is 22.7. The van der Waals surface area contributed by atoms with Crippen LogP contribution < -0.4 is 10.1 Å². The van der Waals surface area contributed by atoms with Crippen LogP contribution in [0.5, 0.6) is 5.75 Å². The summed E-state index contributed by atoms with van der Waals surface area (Å²) < 4.78 is 6.11. The van der Waals surface area contributed by atoms with Crippen molar-refractivity contribution in [3.63, 3.8) is 0 Å². The van der Waals surface area contributed by atoms with Gasteiger partial charge in [0.05, 0.1) is 5.56 Å². The summed E-state index contributed by atoms with van der Waals surface area (Å²) in [6.07, 6.45) is 8.32. The van der Waals surface area contributed by atoms with Gasteiger partial charge < -0.3 is 10.1 Å². The molecular weight excluding hydrogens is 535 g/mol. The summed E-state index contributed by atoms with van der Waals surface area (Å²) >= 11 is 14.0. The summed E-state index contributed by atoms with van der Waals surface area (Å²) in [4.78, 5) is 19.7. The number of anilines is 1. The number of hydrogen-bond donors (Lipinski definition) is 1. The van der Waals surface area contributed by atoms with Crippen LogP contribution in [0.1, 0.15) is 57.6 Å². The van der Waals surface area contributed by atoms with Crippen molar-refractivity contribution in [1.29, 1.82) is 0 Å². The van der Waals surface area contributed by atoms with Crippen molar-refractivity contribution < 1.29 is 9.53 Å². The van der Waals surface area contributed by atoms with Crippen molar-refractivity contribution >= 4 is 57.3 Å². The Bertz CT molecular complexity index is 1450. The highest BCUT2D eigenvalue weighted by Gasteiger charge is 2.24. The molecule has 3 aromatic carbocycles. The van der Waals surface area contributed by atoms with E-state index in [0.29, 0.717) is 28.0 Å². The molecule has 0 fully saturated rings. The fourth-order valence-electron chi connectivity index (χ4n) is 4.59. The summed E-state index contributed by atoms with van der Waals surface area (Å²) in [5.41, 5.74) is 4.29. The number of thiophene rings is 1. The number of rotatable bonds is 7. The minimum absolute atomic E-state index is 0.108. The molecule has 0 aliphatic heterocycles. The number of nitrogens with zero attached hydrogens (tertiary/aromatic N) is 1. The highest BCUT2D eigenvalue weighted by atomic mass is 35.5. The Morgan fingerprint density at radius 2 is 1.71 bits per heavy atom. The van der Waals surface area contributed by atoms with Gasteiger partial charge in [-0.1, -0.05) is 72.4 Å². The molecule has 1 aliphatic carbocycles. The molecule has 1 heterocycles. The standard InChI is InChI=1S/C31H28Cl2N2O2S/c32-23-17-16-22(26(33)18-23)20-37-27-14-9-8-10-21(27)19-34-31-29(30(36)35-24-11-4-3-5-12-24)25-13-6-1-2-7-15-28(25)38-31/h3-5,8-12,14,16-19H,1-2,6-7,13,15,20H2,(H,35,36). The largest absolute Gasteiger partial charge is 0.488 e. The molecule has 1 aliphatic rings. The fourth-order valence-corrected chi connectivity index (χ4v) is 6.28. The lowest BCUT2D eigenvalue weighted by molar-refractivity contribution is 0.102. The van der Waals surface area contributed by atoms with Crippen LogP contribution in [0, 0.1) is 0 Å². The first-order chi connectivity index (χ1) is 18.6. The van der Waals surface area contributed by atoms with Gasteiger partial charge in [0.1, 0.15) is 17.4 Å². The highest BCUT2D eigenvalue weighted by Crippen LogP contribution is 2.39. The number of aryl methyl sites for hydroxylation is 1. The van der Waals surface area contributed by atoms with E-state index in [1.807, 2.05) is 60.7 Å². The maximum atomic E-state index is 13.5. The number of hydrogen-bond acceptors (Lipinski definition) is 4. The molecule has 5 rings (SSSR count). The predicted octanol–water partition coefficient (Wildman–Crippen LogP) is 9.30. The average molecular weight is 564 g/mol. The van der Waals surface area contributed by atoms with Gasteiger partial charge in [-0.15, -0.1) is 11.3 Å². The Kier molecular flexibility index (Phi) is 8.79. The average Bonchev–Trinajstić information content (AvgIpc) is 3.24. The number of carbonyl (C=O) groups excluding carboxylic acids is 1. The smallest absolute Gasteiger partial charge is 0.259 e. The minimum Gasteiger partial charge on any atom is -0.488 e. The van der Waals surface area contributed by atoms with Crippen LogP contribution in [0.3, 0.4) is 0 Å². The number of carbonyl (C=O) groups is 1. The molecule has 0 unspecified atom stereocenters. The van der Waals surface area contributed by atoms with E-state index in [0.717, 1.165) is 53.1 Å². The zero-order valence-electron chi connectivity index (χ0n) is 20.9. The Labute approximate surface area is 237 Å². The van der Waals surface area contributed by atoms with E-state index in [1.165, 1.54) is 17.7 Å². The second kappa shape index (κ2) is 12.6. The molecule has 1 amide bonds. The van der Waals surface area contributed by atoms with Crippen molar-refractivity contribution in [3.05, 3.63) is 110 Å². The molecule has 7 heteroatoms. The Morgan fingerprint density at radius 1 is 0.947 bits per heavy atom. The van der Waals surface area contributed by atoms with Crippen molar-refractivity contribution in [2.45, 2.75) is 45.1 Å². The van der Waals surface area contributed by atoms with Crippen LogP contribution in [0.4, 0.5) is 10.7 Å². The monoisotopic (exact) mass is 562 g/mol. The zero-order chi connectivity index (χ0) is 26.3. The molecule has 4 aromatic rings. The van der Waals surface area contributed by atoms with E-state index in [9.17, 15) is 4.79 Å². The summed E-state index contributed by atoms with van der Waals surface area (Å²) in [5.74, 6) is 0.579. The quantitative estimate of drug-likeness (QED) is 0.228. The first-order valence-corrected chi connectivity index (χ1v) is 14.4. The number of benzene rings is 3. The van der Waals surface area contributed by atoms with Crippen molar-refractivity contribution in [2.24, 2.45) is 4.99 Å². The lowest BCUT2D eigenvalue weighted by Gasteiger charge is -2.12. The molecule has 0 bridgehead atoms. The molecule has 194 valence electrons. The second-order valence-corrected chi connectivity index (χ2v) is 11.2. The highest BCUT2D eigenvalue weighted by molar-refractivity contribution is 7.16. The van der Waals surface area contributed by atoms with Crippen molar-refractivity contribution in [3.8, 4) is 5.75 Å². The molecule has 0 atom stereocenters. The van der Waals surface area contributed by atoms with Gasteiger partial charge >= 0.3 is 0 Å². The fraction of sp³-hybridized carbons (Fsp3) is 0.226. The summed E-state index contributed by atoms with van der Waals surface area (Å²) in [5, 5.41) is 4.96. The van der Waals surface area contributed by atoms with Crippen LogP contribution >= 0.6 is 34.5 Å². The molecule has 0 saturated heterocycles. The molecule has 1 aromatic heterocycles. The van der Waals surface area contributed by atoms with Gasteiger partial charge in [0.2, 0.25) is 0 Å². The molecule has 38 heavy (non-hydrogen) atoms. The minimum atomic E-state index is -0.108. The van der Waals surface area contributed by atoms with Crippen LogP contribution in [0.25, 0.3) is 0 Å². The maximum absolute atomic E-state index is 13.5. The van der Waals surface area contributed by atoms with E-state index < -0.39 is 0 Å². The van der Waals surface area contributed by atoms with E-state index in [1.54, 1.807) is 29.7 Å². The SMILES string of the molecule is O=C(Nc1ccccc1)c1c(N=Cc2ccccc2OCc2ccc(Cl)cc2Cl)sc2c1CCCCCC2. The molecule has 1 N–H and O–H groups in total. The van der Waals surface area contributed by atoms with Gasteiger partial charge in [-0.25, -0.2) is 4.99 Å². The van der Waals surface area contributed by atoms with E-state index in [-0.39, 0.29) is 5.91 Å². The Balaban J connectivity index is 1.43. The number of para-hydroxylation sites is 2. The lowest BCUT2D eigenvalue weighted by atomic mass is 9.96. The number of amides is 1. The van der Waals surface area contributed by atoms with Gasteiger partial charge in [-0.05, 0) is 67.6 Å². The maximum Gasteiger partial charge on any atom is 0.259 e. The zero-order valence-corrected chi connectivity index (χ0v) is 23.2. The normalized spacial score (nSPS) is 13.5. The molecule has 0 spiro atoms. The third-order valence-electron chi connectivity index (χ3n) is 6.55. The first-order valence-electron chi connectivity index (χ1n) is 12.8. The van der Waals surface area contributed by atoms with Crippen molar-refractivity contribution in [1.82, 2.24) is 0 Å². The van der Waals surface area contributed by atoms with E-state index in [4.69, 9.17) is 32.9 Å². The molecule has 0 saturated carbocycles. The van der Waals surface area contributed by atoms with Gasteiger partial charge in [-0.3, -0.25) is 4.79 Å². The van der Waals surface area contributed by atoms with Gasteiger partial charge in [0, 0.05) is 38.0 Å². The molecular formula is C31H28Cl2N2O2S. The van der Waals surface area contributed by atoms with Crippen LogP contribution in [0.15, 0.2) is 77.8 Å². The van der Waals surface area contributed by atoms with Gasteiger partial charge in [0.15, 0.2) is 0 Å². The third kappa shape index (κ3) is 6.47. The summed E-state index contributed by atoms with van der Waals surface area (Å²) in [6.45, 7) is 0.304. The molecule has 0 radical (unpaired) electrons. The summed E-state index contributed by atoms with van der Waals surface area (Å²) in [7, 11) is 0. The third-order valence-corrected chi connectivity index (χ3v) is 8.34. The number of ether oxygens (including phenoxy) is 1. The number of halogens is 2. The molecule has 4 nitrogen and oxygen atoms in total.